The van der Waals surface area contributed by atoms with Gasteiger partial charge in [0.05, 0.1) is 12.7 Å². The molecule has 1 aromatic carbocycles. The zero-order valence-corrected chi connectivity index (χ0v) is 15.6. The van der Waals surface area contributed by atoms with Crippen LogP contribution in [0, 0.1) is 0 Å². The standard InChI is InChI=1S/C20H19F3N4O2/c1-25(11-16-10-24-27(13-16)12-15-6-3-2-4-7-15)18(28)14-26-9-5-8-17(19(26)29)20(21,22)23/h2-10,13H,11-12,14H2,1H3. The number of halogens is 3. The molecule has 0 fully saturated rings. The maximum atomic E-state index is 12.9. The Labute approximate surface area is 164 Å². The second-order valence-corrected chi connectivity index (χ2v) is 6.63. The molecule has 0 aliphatic heterocycles. The molecule has 0 saturated carbocycles. The minimum Gasteiger partial charge on any atom is -0.340 e. The number of benzene rings is 1. The summed E-state index contributed by atoms with van der Waals surface area (Å²) in [5, 5.41) is 4.26. The third kappa shape index (κ3) is 5.13. The summed E-state index contributed by atoms with van der Waals surface area (Å²) < 4.78 is 41.1. The number of nitrogens with zero attached hydrogens (tertiary/aromatic N) is 4. The molecule has 0 atom stereocenters. The number of hydrogen-bond donors (Lipinski definition) is 0. The summed E-state index contributed by atoms with van der Waals surface area (Å²) in [4.78, 5) is 25.7. The van der Waals surface area contributed by atoms with Crippen LogP contribution in [-0.4, -0.2) is 32.2 Å². The van der Waals surface area contributed by atoms with Crippen LogP contribution < -0.4 is 5.56 Å². The smallest absolute Gasteiger partial charge is 0.340 e. The van der Waals surface area contributed by atoms with E-state index in [9.17, 15) is 22.8 Å². The maximum absolute atomic E-state index is 12.9. The molecule has 0 unspecified atom stereocenters. The largest absolute Gasteiger partial charge is 0.421 e. The molecule has 0 radical (unpaired) electrons. The number of rotatable bonds is 6. The highest BCUT2D eigenvalue weighted by Crippen LogP contribution is 2.25. The third-order valence-corrected chi connectivity index (χ3v) is 4.35. The summed E-state index contributed by atoms with van der Waals surface area (Å²) in [6.45, 7) is 0.330. The van der Waals surface area contributed by atoms with Crippen molar-refractivity contribution in [3.8, 4) is 0 Å². The van der Waals surface area contributed by atoms with Gasteiger partial charge < -0.3 is 9.47 Å². The molecule has 3 rings (SSSR count). The average Bonchev–Trinajstić information content (AvgIpc) is 3.10. The number of pyridine rings is 1. The van der Waals surface area contributed by atoms with Crippen molar-refractivity contribution in [1.29, 1.82) is 0 Å². The van der Waals surface area contributed by atoms with Crippen molar-refractivity contribution in [3.05, 3.63) is 88.1 Å². The highest BCUT2D eigenvalue weighted by Gasteiger charge is 2.34. The van der Waals surface area contributed by atoms with E-state index in [4.69, 9.17) is 0 Å². The minimum absolute atomic E-state index is 0.224. The Bertz CT molecular complexity index is 1040. The van der Waals surface area contributed by atoms with Gasteiger partial charge >= 0.3 is 6.18 Å². The van der Waals surface area contributed by atoms with Crippen LogP contribution in [0.1, 0.15) is 16.7 Å². The molecule has 9 heteroatoms. The Hall–Kier alpha value is -3.36. The molecule has 0 aliphatic rings. The van der Waals surface area contributed by atoms with Gasteiger partial charge in [0, 0.05) is 31.5 Å². The van der Waals surface area contributed by atoms with Gasteiger partial charge in [-0.05, 0) is 17.7 Å². The molecule has 29 heavy (non-hydrogen) atoms. The lowest BCUT2D eigenvalue weighted by atomic mass is 10.2. The maximum Gasteiger partial charge on any atom is 0.421 e. The van der Waals surface area contributed by atoms with Crippen LogP contribution in [0.25, 0.3) is 0 Å². The highest BCUT2D eigenvalue weighted by molar-refractivity contribution is 5.75. The van der Waals surface area contributed by atoms with Crippen LogP contribution >= 0.6 is 0 Å². The number of amides is 1. The van der Waals surface area contributed by atoms with E-state index in [1.165, 1.54) is 18.1 Å². The predicted octanol–water partition coefficient (Wildman–Crippen LogP) is 2.77. The quantitative estimate of drug-likeness (QED) is 0.635. The summed E-state index contributed by atoms with van der Waals surface area (Å²) in [5.41, 5.74) is -0.682. The van der Waals surface area contributed by atoms with Crippen LogP contribution in [0.5, 0.6) is 0 Å². The summed E-state index contributed by atoms with van der Waals surface area (Å²) in [6, 6.07) is 11.5. The van der Waals surface area contributed by atoms with Crippen LogP contribution in [-0.2, 0) is 30.6 Å². The van der Waals surface area contributed by atoms with Crippen LogP contribution in [0.15, 0.2) is 65.8 Å². The van der Waals surface area contributed by atoms with Crippen LogP contribution in [0.3, 0.4) is 0 Å². The Morgan fingerprint density at radius 1 is 1.10 bits per heavy atom. The van der Waals surface area contributed by atoms with E-state index in [2.05, 4.69) is 5.10 Å². The fraction of sp³-hybridized carbons (Fsp3) is 0.250. The second-order valence-electron chi connectivity index (χ2n) is 6.63. The van der Waals surface area contributed by atoms with Crippen LogP contribution in [0.4, 0.5) is 13.2 Å². The van der Waals surface area contributed by atoms with Crippen molar-refractivity contribution in [2.45, 2.75) is 25.8 Å². The van der Waals surface area contributed by atoms with E-state index in [1.807, 2.05) is 30.3 Å². The summed E-state index contributed by atoms with van der Waals surface area (Å²) in [6.07, 6.45) is -0.167. The molecule has 152 valence electrons. The van der Waals surface area contributed by atoms with Crippen LogP contribution in [0.2, 0.25) is 0 Å². The third-order valence-electron chi connectivity index (χ3n) is 4.35. The first kappa shape index (κ1) is 20.4. The van der Waals surface area contributed by atoms with Crippen molar-refractivity contribution in [1.82, 2.24) is 19.2 Å². The van der Waals surface area contributed by atoms with E-state index < -0.39 is 29.8 Å². The molecular formula is C20H19F3N4O2. The Morgan fingerprint density at radius 2 is 1.83 bits per heavy atom. The molecule has 6 nitrogen and oxygen atoms in total. The molecule has 0 aliphatic carbocycles. The zero-order valence-electron chi connectivity index (χ0n) is 15.6. The number of alkyl halides is 3. The Balaban J connectivity index is 1.64. The summed E-state index contributed by atoms with van der Waals surface area (Å²) >= 11 is 0. The molecule has 0 N–H and O–H groups in total. The molecule has 0 saturated heterocycles. The monoisotopic (exact) mass is 404 g/mol. The van der Waals surface area contributed by atoms with E-state index in [1.54, 1.807) is 17.1 Å². The lowest BCUT2D eigenvalue weighted by Crippen LogP contribution is -2.35. The lowest BCUT2D eigenvalue weighted by molar-refractivity contribution is -0.139. The van der Waals surface area contributed by atoms with Crippen molar-refractivity contribution < 1.29 is 18.0 Å². The van der Waals surface area contributed by atoms with Gasteiger partial charge in [-0.3, -0.25) is 14.3 Å². The number of carbonyl (C=O) groups is 1. The second kappa shape index (κ2) is 8.34. The number of aromatic nitrogens is 3. The van der Waals surface area contributed by atoms with Gasteiger partial charge in [-0.2, -0.15) is 18.3 Å². The first-order valence-corrected chi connectivity index (χ1v) is 8.80. The highest BCUT2D eigenvalue weighted by atomic mass is 19.4. The Kier molecular flexibility index (Phi) is 5.86. The normalized spacial score (nSPS) is 11.4. The molecule has 2 heterocycles. The van der Waals surface area contributed by atoms with E-state index in [0.717, 1.165) is 21.8 Å². The fourth-order valence-corrected chi connectivity index (χ4v) is 2.85. The molecule has 3 aromatic rings. The molecule has 2 aromatic heterocycles. The van der Waals surface area contributed by atoms with Crippen molar-refractivity contribution in [2.24, 2.45) is 0 Å². The Morgan fingerprint density at radius 3 is 2.52 bits per heavy atom. The van der Waals surface area contributed by atoms with Gasteiger partial charge in [0.15, 0.2) is 0 Å². The van der Waals surface area contributed by atoms with Gasteiger partial charge in [0.2, 0.25) is 5.91 Å². The van der Waals surface area contributed by atoms with E-state index in [-0.39, 0.29) is 6.54 Å². The van der Waals surface area contributed by atoms with Crippen molar-refractivity contribution in [2.75, 3.05) is 7.05 Å². The molecule has 0 spiro atoms. The number of hydrogen-bond acceptors (Lipinski definition) is 3. The molecule has 1 amide bonds. The lowest BCUT2D eigenvalue weighted by Gasteiger charge is -2.17. The minimum atomic E-state index is -4.76. The molecular weight excluding hydrogens is 385 g/mol. The van der Waals surface area contributed by atoms with Gasteiger partial charge in [0.25, 0.3) is 5.56 Å². The predicted molar refractivity (Wildman–Crippen MR) is 99.9 cm³/mol. The zero-order chi connectivity index (χ0) is 21.0. The van der Waals surface area contributed by atoms with Gasteiger partial charge in [-0.15, -0.1) is 0 Å². The van der Waals surface area contributed by atoms with Gasteiger partial charge in [0.1, 0.15) is 12.1 Å². The van der Waals surface area contributed by atoms with Gasteiger partial charge in [-0.25, -0.2) is 0 Å². The first-order chi connectivity index (χ1) is 13.7. The SMILES string of the molecule is CN(Cc1cnn(Cc2ccccc2)c1)C(=O)Cn1cccc(C(F)(F)F)c1=O. The molecule has 0 bridgehead atoms. The van der Waals surface area contributed by atoms with Gasteiger partial charge in [-0.1, -0.05) is 30.3 Å². The van der Waals surface area contributed by atoms with Crippen molar-refractivity contribution in [3.63, 3.8) is 0 Å². The van der Waals surface area contributed by atoms with E-state index in [0.29, 0.717) is 12.6 Å². The average molecular weight is 404 g/mol. The topological polar surface area (TPSA) is 60.1 Å². The number of likely N-dealkylation sites (N-methyl/N-ethyl adjacent to an activating group) is 1. The summed E-state index contributed by atoms with van der Waals surface area (Å²) in [7, 11) is 1.52. The first-order valence-electron chi connectivity index (χ1n) is 8.80. The van der Waals surface area contributed by atoms with Crippen molar-refractivity contribution >= 4 is 5.91 Å². The summed E-state index contributed by atoms with van der Waals surface area (Å²) in [5.74, 6) is -0.484. The number of carbonyl (C=O) groups excluding carboxylic acids is 1. The van der Waals surface area contributed by atoms with E-state index >= 15 is 0 Å². The fourth-order valence-electron chi connectivity index (χ4n) is 2.85.